The van der Waals surface area contributed by atoms with Crippen LogP contribution in [-0.4, -0.2) is 20.0 Å². The molecule has 0 aliphatic rings. The van der Waals surface area contributed by atoms with Gasteiger partial charge in [0.25, 0.3) is 0 Å². The topological polar surface area (TPSA) is 43.6 Å². The summed E-state index contributed by atoms with van der Waals surface area (Å²) in [5.41, 5.74) is 3.07. The summed E-state index contributed by atoms with van der Waals surface area (Å²) in [6.07, 6.45) is 1.86. The molecule has 0 aliphatic heterocycles. The van der Waals surface area contributed by atoms with Gasteiger partial charge in [-0.3, -0.25) is 0 Å². The number of hydrogen-bond acceptors (Lipinski definition) is 3. The predicted octanol–water partition coefficient (Wildman–Crippen LogP) is 1.59. The summed E-state index contributed by atoms with van der Waals surface area (Å²) >= 11 is 0. The van der Waals surface area contributed by atoms with E-state index in [0.717, 1.165) is 17.2 Å². The lowest BCUT2D eigenvalue weighted by molar-refractivity contribution is 0.775. The van der Waals surface area contributed by atoms with Gasteiger partial charge in [-0.1, -0.05) is 5.21 Å². The van der Waals surface area contributed by atoms with E-state index in [2.05, 4.69) is 15.3 Å². The molecule has 0 atom stereocenters. The standard InChI is InChI=1S/C10H12N4/c1-7-4-8(2)11-10(5-7)14-6-9(3)12-13-14/h4-6H,1-3H3. The summed E-state index contributed by atoms with van der Waals surface area (Å²) in [5, 5.41) is 7.90. The van der Waals surface area contributed by atoms with Crippen molar-refractivity contribution in [3.63, 3.8) is 0 Å². The number of nitrogens with zero attached hydrogens (tertiary/aromatic N) is 4. The van der Waals surface area contributed by atoms with Gasteiger partial charge in [0.15, 0.2) is 5.82 Å². The fourth-order valence-electron chi connectivity index (χ4n) is 1.40. The van der Waals surface area contributed by atoms with Crippen LogP contribution in [0.2, 0.25) is 0 Å². The van der Waals surface area contributed by atoms with Crippen LogP contribution in [0.25, 0.3) is 5.82 Å². The number of aromatic nitrogens is 4. The van der Waals surface area contributed by atoms with Gasteiger partial charge in [0.2, 0.25) is 0 Å². The molecule has 2 rings (SSSR count). The van der Waals surface area contributed by atoms with Crippen molar-refractivity contribution in [1.82, 2.24) is 20.0 Å². The van der Waals surface area contributed by atoms with Crippen LogP contribution >= 0.6 is 0 Å². The first-order valence-electron chi connectivity index (χ1n) is 4.50. The minimum absolute atomic E-state index is 0.822. The van der Waals surface area contributed by atoms with Crippen molar-refractivity contribution < 1.29 is 0 Å². The highest BCUT2D eigenvalue weighted by molar-refractivity contribution is 5.29. The van der Waals surface area contributed by atoms with E-state index in [-0.39, 0.29) is 0 Å². The molecule has 0 aromatic carbocycles. The summed E-state index contributed by atoms with van der Waals surface area (Å²) < 4.78 is 1.69. The maximum absolute atomic E-state index is 4.38. The van der Waals surface area contributed by atoms with Gasteiger partial charge in [0, 0.05) is 5.69 Å². The van der Waals surface area contributed by atoms with Gasteiger partial charge in [-0.15, -0.1) is 5.10 Å². The molecule has 0 radical (unpaired) electrons. The van der Waals surface area contributed by atoms with Crippen molar-refractivity contribution in [1.29, 1.82) is 0 Å². The molecule has 0 fully saturated rings. The second-order valence-electron chi connectivity index (χ2n) is 3.45. The molecule has 4 heteroatoms. The molecule has 0 N–H and O–H groups in total. The van der Waals surface area contributed by atoms with Gasteiger partial charge < -0.3 is 0 Å². The zero-order valence-corrected chi connectivity index (χ0v) is 8.52. The molecule has 0 saturated heterocycles. The third-order valence-electron chi connectivity index (χ3n) is 1.93. The lowest BCUT2D eigenvalue weighted by Crippen LogP contribution is -2.00. The minimum atomic E-state index is 0.822. The van der Waals surface area contributed by atoms with Gasteiger partial charge in [-0.2, -0.15) is 0 Å². The Labute approximate surface area is 82.6 Å². The van der Waals surface area contributed by atoms with Gasteiger partial charge in [0.05, 0.1) is 11.9 Å². The Balaban J connectivity index is 2.51. The van der Waals surface area contributed by atoms with E-state index in [0.29, 0.717) is 0 Å². The number of aryl methyl sites for hydroxylation is 3. The number of hydrogen-bond donors (Lipinski definition) is 0. The summed E-state index contributed by atoms with van der Waals surface area (Å²) in [4.78, 5) is 4.38. The molecular formula is C10H12N4. The van der Waals surface area contributed by atoms with E-state index in [1.807, 2.05) is 39.1 Å². The summed E-state index contributed by atoms with van der Waals surface area (Å²) in [6.45, 7) is 5.93. The van der Waals surface area contributed by atoms with Gasteiger partial charge in [0.1, 0.15) is 0 Å². The molecule has 72 valence electrons. The van der Waals surface area contributed by atoms with Crippen molar-refractivity contribution in [2.45, 2.75) is 20.8 Å². The maximum atomic E-state index is 4.38. The Morgan fingerprint density at radius 3 is 2.43 bits per heavy atom. The Kier molecular flexibility index (Phi) is 2.04. The molecule has 0 saturated carbocycles. The van der Waals surface area contributed by atoms with E-state index in [1.165, 1.54) is 5.56 Å². The minimum Gasteiger partial charge on any atom is -0.234 e. The first-order chi connectivity index (χ1) is 6.65. The van der Waals surface area contributed by atoms with Crippen molar-refractivity contribution in [2.75, 3.05) is 0 Å². The molecule has 0 aliphatic carbocycles. The highest BCUT2D eigenvalue weighted by atomic mass is 15.4. The van der Waals surface area contributed by atoms with Crippen LogP contribution in [-0.2, 0) is 0 Å². The summed E-state index contributed by atoms with van der Waals surface area (Å²) in [6, 6.07) is 4.02. The number of rotatable bonds is 1. The largest absolute Gasteiger partial charge is 0.234 e. The average molecular weight is 188 g/mol. The molecule has 0 unspecified atom stereocenters. The number of pyridine rings is 1. The van der Waals surface area contributed by atoms with Crippen molar-refractivity contribution in [2.24, 2.45) is 0 Å². The molecule has 2 aromatic heterocycles. The predicted molar refractivity (Wildman–Crippen MR) is 53.4 cm³/mol. The van der Waals surface area contributed by atoms with Crippen LogP contribution in [0.3, 0.4) is 0 Å². The van der Waals surface area contributed by atoms with Gasteiger partial charge >= 0.3 is 0 Å². The third kappa shape index (κ3) is 1.64. The van der Waals surface area contributed by atoms with Gasteiger partial charge in [-0.05, 0) is 38.5 Å². The SMILES string of the molecule is Cc1cc(C)nc(-n2cc(C)nn2)c1. The fourth-order valence-corrected chi connectivity index (χ4v) is 1.40. The van der Waals surface area contributed by atoms with E-state index in [9.17, 15) is 0 Å². The van der Waals surface area contributed by atoms with E-state index >= 15 is 0 Å². The first-order valence-corrected chi connectivity index (χ1v) is 4.50. The molecule has 0 amide bonds. The lowest BCUT2D eigenvalue weighted by Gasteiger charge is -2.02. The third-order valence-corrected chi connectivity index (χ3v) is 1.93. The maximum Gasteiger partial charge on any atom is 0.155 e. The Bertz CT molecular complexity index is 439. The Morgan fingerprint density at radius 2 is 1.86 bits per heavy atom. The molecule has 0 spiro atoms. The van der Waals surface area contributed by atoms with E-state index in [4.69, 9.17) is 0 Å². The van der Waals surface area contributed by atoms with E-state index < -0.39 is 0 Å². The van der Waals surface area contributed by atoms with Crippen LogP contribution in [0.4, 0.5) is 0 Å². The molecular weight excluding hydrogens is 176 g/mol. The highest BCUT2D eigenvalue weighted by Gasteiger charge is 2.01. The van der Waals surface area contributed by atoms with Crippen molar-refractivity contribution in [3.05, 3.63) is 35.3 Å². The van der Waals surface area contributed by atoms with Crippen LogP contribution in [0.1, 0.15) is 17.0 Å². The Hall–Kier alpha value is -1.71. The van der Waals surface area contributed by atoms with Crippen LogP contribution in [0, 0.1) is 20.8 Å². The normalized spacial score (nSPS) is 10.5. The zero-order chi connectivity index (χ0) is 10.1. The summed E-state index contributed by atoms with van der Waals surface area (Å²) in [5.74, 6) is 0.822. The summed E-state index contributed by atoms with van der Waals surface area (Å²) in [7, 11) is 0. The lowest BCUT2D eigenvalue weighted by atomic mass is 10.2. The second kappa shape index (κ2) is 3.21. The first kappa shape index (κ1) is 8.87. The molecule has 2 aromatic rings. The molecule has 4 nitrogen and oxygen atoms in total. The fraction of sp³-hybridized carbons (Fsp3) is 0.300. The van der Waals surface area contributed by atoms with Gasteiger partial charge in [-0.25, -0.2) is 9.67 Å². The molecule has 14 heavy (non-hydrogen) atoms. The smallest absolute Gasteiger partial charge is 0.155 e. The zero-order valence-electron chi connectivity index (χ0n) is 8.52. The molecule has 0 bridgehead atoms. The van der Waals surface area contributed by atoms with Crippen molar-refractivity contribution in [3.8, 4) is 5.82 Å². The van der Waals surface area contributed by atoms with Crippen LogP contribution < -0.4 is 0 Å². The second-order valence-corrected chi connectivity index (χ2v) is 3.45. The van der Waals surface area contributed by atoms with Crippen LogP contribution in [0.5, 0.6) is 0 Å². The quantitative estimate of drug-likeness (QED) is 0.682. The molecule has 2 heterocycles. The van der Waals surface area contributed by atoms with E-state index in [1.54, 1.807) is 4.68 Å². The van der Waals surface area contributed by atoms with Crippen molar-refractivity contribution >= 4 is 0 Å². The average Bonchev–Trinajstić information content (AvgIpc) is 2.50. The van der Waals surface area contributed by atoms with Crippen LogP contribution in [0.15, 0.2) is 18.3 Å². The Morgan fingerprint density at radius 1 is 1.07 bits per heavy atom. The highest BCUT2D eigenvalue weighted by Crippen LogP contribution is 2.08. The monoisotopic (exact) mass is 188 g/mol.